The van der Waals surface area contributed by atoms with Crippen molar-refractivity contribution in [3.63, 3.8) is 0 Å². The number of halogens is 1. The van der Waals surface area contributed by atoms with Crippen LogP contribution in [0.15, 0.2) is 77.7 Å². The molecule has 0 radical (unpaired) electrons. The minimum Gasteiger partial charge on any atom is -0.497 e. The van der Waals surface area contributed by atoms with Crippen LogP contribution in [0.3, 0.4) is 0 Å². The van der Waals surface area contributed by atoms with Gasteiger partial charge in [0.05, 0.1) is 25.2 Å². The highest BCUT2D eigenvalue weighted by Gasteiger charge is 2.45. The molecule has 3 aromatic rings. The maximum absolute atomic E-state index is 13.4. The number of benzene rings is 3. The summed E-state index contributed by atoms with van der Waals surface area (Å²) in [6.07, 6.45) is 0.589. The van der Waals surface area contributed by atoms with Crippen molar-refractivity contribution >= 4 is 10.0 Å². The van der Waals surface area contributed by atoms with Gasteiger partial charge in [-0.15, -0.1) is 0 Å². The molecule has 0 aliphatic rings. The van der Waals surface area contributed by atoms with Crippen molar-refractivity contribution in [3.8, 4) is 11.5 Å². The maximum Gasteiger partial charge on any atom is 0.240 e. The number of ether oxygens (including phenoxy) is 2. The maximum atomic E-state index is 13.4. The average Bonchev–Trinajstić information content (AvgIpc) is 2.86. The van der Waals surface area contributed by atoms with Gasteiger partial charge in [0.25, 0.3) is 0 Å². The van der Waals surface area contributed by atoms with E-state index >= 15 is 0 Å². The average molecular weight is 488 g/mol. The van der Waals surface area contributed by atoms with Crippen LogP contribution in [0.1, 0.15) is 31.4 Å². The zero-order chi connectivity index (χ0) is 24.9. The summed E-state index contributed by atoms with van der Waals surface area (Å²) in [5, 5.41) is 12.3. The molecule has 0 fully saturated rings. The van der Waals surface area contributed by atoms with Gasteiger partial charge in [-0.3, -0.25) is 0 Å². The molecular weight excluding hydrogens is 457 g/mol. The number of methoxy groups -OCH3 is 2. The van der Waals surface area contributed by atoms with Crippen LogP contribution in [0.2, 0.25) is 0 Å². The van der Waals surface area contributed by atoms with Gasteiger partial charge in [0, 0.05) is 0 Å². The fourth-order valence-corrected chi connectivity index (χ4v) is 5.28. The van der Waals surface area contributed by atoms with Crippen molar-refractivity contribution in [1.29, 1.82) is 0 Å². The summed E-state index contributed by atoms with van der Waals surface area (Å²) in [4.78, 5) is -0.0889. The Morgan fingerprint density at radius 3 is 1.71 bits per heavy atom. The lowest BCUT2D eigenvalue weighted by Crippen LogP contribution is -2.54. The zero-order valence-electron chi connectivity index (χ0n) is 19.7. The highest BCUT2D eigenvalue weighted by atomic mass is 32.2. The lowest BCUT2D eigenvalue weighted by atomic mass is 9.75. The molecule has 0 saturated heterocycles. The predicted octanol–water partition coefficient (Wildman–Crippen LogP) is 4.47. The fourth-order valence-electron chi connectivity index (χ4n) is 3.91. The molecule has 6 nitrogen and oxygen atoms in total. The SMILES string of the molecule is CC[C@H](C)[C@H](NS(=O)(=O)c1ccc(F)cc1)C(O)(c1ccc(OC)cc1)c1ccc(OC)cc1. The summed E-state index contributed by atoms with van der Waals surface area (Å²) < 4.78 is 53.2. The van der Waals surface area contributed by atoms with Crippen molar-refractivity contribution in [2.45, 2.75) is 36.8 Å². The summed E-state index contributed by atoms with van der Waals surface area (Å²) in [6.45, 7) is 3.79. The van der Waals surface area contributed by atoms with Crippen molar-refractivity contribution in [2.24, 2.45) is 5.92 Å². The molecule has 0 spiro atoms. The van der Waals surface area contributed by atoms with E-state index < -0.39 is 27.5 Å². The lowest BCUT2D eigenvalue weighted by Gasteiger charge is -2.40. The number of hydrogen-bond donors (Lipinski definition) is 2. The number of rotatable bonds is 10. The second-order valence-electron chi connectivity index (χ2n) is 8.16. The third-order valence-corrected chi connectivity index (χ3v) is 7.59. The molecule has 0 unspecified atom stereocenters. The molecule has 8 heteroatoms. The van der Waals surface area contributed by atoms with Crippen molar-refractivity contribution in [1.82, 2.24) is 4.72 Å². The van der Waals surface area contributed by atoms with E-state index in [0.29, 0.717) is 29.0 Å². The Morgan fingerprint density at radius 1 is 0.882 bits per heavy atom. The van der Waals surface area contributed by atoms with Gasteiger partial charge in [-0.1, -0.05) is 44.5 Å². The van der Waals surface area contributed by atoms with Crippen LogP contribution >= 0.6 is 0 Å². The molecule has 182 valence electrons. The van der Waals surface area contributed by atoms with E-state index in [4.69, 9.17) is 9.47 Å². The van der Waals surface area contributed by atoms with E-state index in [1.165, 1.54) is 12.1 Å². The second-order valence-corrected chi connectivity index (χ2v) is 9.88. The molecule has 0 heterocycles. The smallest absolute Gasteiger partial charge is 0.240 e. The van der Waals surface area contributed by atoms with Crippen LogP contribution in [0.4, 0.5) is 4.39 Å². The monoisotopic (exact) mass is 487 g/mol. The molecule has 3 aromatic carbocycles. The first-order chi connectivity index (χ1) is 16.1. The van der Waals surface area contributed by atoms with E-state index in [1.54, 1.807) is 62.8 Å². The molecule has 0 aliphatic carbocycles. The first-order valence-corrected chi connectivity index (χ1v) is 12.4. The molecule has 2 atom stereocenters. The van der Waals surface area contributed by atoms with Crippen LogP contribution in [-0.4, -0.2) is 33.8 Å². The molecule has 0 bridgehead atoms. The Bertz CT molecular complexity index is 1130. The van der Waals surface area contributed by atoms with Gasteiger partial charge in [0.1, 0.15) is 22.9 Å². The third-order valence-electron chi connectivity index (χ3n) is 6.13. The predicted molar refractivity (Wildman–Crippen MR) is 129 cm³/mol. The van der Waals surface area contributed by atoms with Crippen LogP contribution in [0, 0.1) is 11.7 Å². The van der Waals surface area contributed by atoms with E-state index in [-0.39, 0.29) is 10.8 Å². The Hall–Kier alpha value is -2.94. The van der Waals surface area contributed by atoms with Gasteiger partial charge < -0.3 is 14.6 Å². The topological polar surface area (TPSA) is 84.9 Å². The Labute approximate surface area is 200 Å². The van der Waals surface area contributed by atoms with Crippen molar-refractivity contribution in [3.05, 3.63) is 89.7 Å². The van der Waals surface area contributed by atoms with Crippen molar-refractivity contribution in [2.75, 3.05) is 14.2 Å². The Morgan fingerprint density at radius 2 is 1.32 bits per heavy atom. The van der Waals surface area contributed by atoms with E-state index in [2.05, 4.69) is 4.72 Å². The first kappa shape index (κ1) is 25.7. The number of aliphatic hydroxyl groups is 1. The molecule has 0 saturated carbocycles. The van der Waals surface area contributed by atoms with Gasteiger partial charge in [-0.05, 0) is 65.6 Å². The molecule has 2 N–H and O–H groups in total. The van der Waals surface area contributed by atoms with Crippen LogP contribution < -0.4 is 14.2 Å². The highest BCUT2D eigenvalue weighted by Crippen LogP contribution is 2.39. The Kier molecular flexibility index (Phi) is 7.97. The zero-order valence-corrected chi connectivity index (χ0v) is 20.5. The summed E-state index contributed by atoms with van der Waals surface area (Å²) in [5.74, 6) is 0.399. The van der Waals surface area contributed by atoms with Gasteiger partial charge in [-0.2, -0.15) is 0 Å². The molecule has 34 heavy (non-hydrogen) atoms. The second kappa shape index (κ2) is 10.5. The minimum atomic E-state index is -4.08. The van der Waals surface area contributed by atoms with Gasteiger partial charge in [0.15, 0.2) is 0 Å². The van der Waals surface area contributed by atoms with Gasteiger partial charge >= 0.3 is 0 Å². The van der Waals surface area contributed by atoms with Crippen LogP contribution in [0.25, 0.3) is 0 Å². The van der Waals surface area contributed by atoms with Gasteiger partial charge in [-0.25, -0.2) is 17.5 Å². The number of hydrogen-bond acceptors (Lipinski definition) is 5. The van der Waals surface area contributed by atoms with E-state index in [0.717, 1.165) is 12.1 Å². The summed E-state index contributed by atoms with van der Waals surface area (Å²) in [6, 6.07) is 17.3. The quantitative estimate of drug-likeness (QED) is 0.441. The molecule has 0 aromatic heterocycles. The van der Waals surface area contributed by atoms with Crippen molar-refractivity contribution < 1.29 is 27.4 Å². The molecule has 0 amide bonds. The number of sulfonamides is 1. The van der Waals surface area contributed by atoms with Crippen LogP contribution in [-0.2, 0) is 15.6 Å². The minimum absolute atomic E-state index is 0.0889. The molecular formula is C26H30FNO5S. The summed E-state index contributed by atoms with van der Waals surface area (Å²) >= 11 is 0. The number of nitrogens with one attached hydrogen (secondary N) is 1. The standard InChI is InChI=1S/C26H30FNO5S/c1-5-18(2)25(28-34(30,31)24-16-10-21(27)11-17-24)26(29,19-6-12-22(32-3)13-7-19)20-8-14-23(33-4)15-9-20/h6-18,25,28-29H,5H2,1-4H3/t18-,25-/m0/s1. The molecule has 0 aliphatic heterocycles. The molecule has 3 rings (SSSR count). The van der Waals surface area contributed by atoms with E-state index in [1.807, 2.05) is 13.8 Å². The first-order valence-electron chi connectivity index (χ1n) is 10.9. The van der Waals surface area contributed by atoms with Crippen LogP contribution in [0.5, 0.6) is 11.5 Å². The fraction of sp³-hybridized carbons (Fsp3) is 0.308. The summed E-state index contributed by atoms with van der Waals surface area (Å²) in [7, 11) is -0.992. The lowest BCUT2D eigenvalue weighted by molar-refractivity contribution is 0.0246. The largest absolute Gasteiger partial charge is 0.497 e. The third kappa shape index (κ3) is 5.24. The normalized spacial score (nSPS) is 13.8. The summed E-state index contributed by atoms with van der Waals surface area (Å²) in [5.41, 5.74) is -0.753. The Balaban J connectivity index is 2.18. The van der Waals surface area contributed by atoms with Gasteiger partial charge in [0.2, 0.25) is 10.0 Å². The highest BCUT2D eigenvalue weighted by molar-refractivity contribution is 7.89. The van der Waals surface area contributed by atoms with E-state index in [9.17, 15) is 17.9 Å².